The Kier molecular flexibility index (Phi) is 6.92. The van der Waals surface area contributed by atoms with E-state index in [1.807, 2.05) is 31.2 Å². The van der Waals surface area contributed by atoms with Gasteiger partial charge in [0, 0.05) is 43.5 Å². The van der Waals surface area contributed by atoms with Crippen LogP contribution in [0.4, 0.5) is 5.69 Å². The standard InChI is InChI=1S/C24H29N3O2/c1-18(12-13-25)21-9-5-7-11-23(21)29-24(20(3)28)27-16-14-26(15-17-27)22-10-6-4-8-19(22)2/h4-12,20,24,28H,14-17H2,1-3H3/b18-12-. The summed E-state index contributed by atoms with van der Waals surface area (Å²) in [6.07, 6.45) is 0.430. The van der Waals surface area contributed by atoms with Crippen LogP contribution in [0.3, 0.4) is 0 Å². The van der Waals surface area contributed by atoms with Gasteiger partial charge in [-0.05, 0) is 44.0 Å². The summed E-state index contributed by atoms with van der Waals surface area (Å²) < 4.78 is 6.29. The van der Waals surface area contributed by atoms with Crippen molar-refractivity contribution in [1.82, 2.24) is 4.90 Å². The average molecular weight is 392 g/mol. The number of aryl methyl sites for hydroxylation is 1. The monoisotopic (exact) mass is 391 g/mol. The predicted molar refractivity (Wildman–Crippen MR) is 117 cm³/mol. The SMILES string of the molecule is C/C(=C/C#N)c1ccccc1OC(C(C)O)N1CCN(c2ccccc2C)CC1. The maximum absolute atomic E-state index is 10.4. The molecule has 0 spiro atoms. The molecule has 2 atom stereocenters. The first-order valence-electron chi connectivity index (χ1n) is 10.1. The molecule has 1 heterocycles. The lowest BCUT2D eigenvalue weighted by Gasteiger charge is -2.41. The molecule has 5 heteroatoms. The number of aliphatic hydroxyl groups excluding tert-OH is 1. The van der Waals surface area contributed by atoms with Gasteiger partial charge in [-0.3, -0.25) is 4.90 Å². The summed E-state index contributed by atoms with van der Waals surface area (Å²) in [6.45, 7) is 9.16. The maximum atomic E-state index is 10.4. The van der Waals surface area contributed by atoms with E-state index in [0.717, 1.165) is 37.3 Å². The number of hydrogen-bond acceptors (Lipinski definition) is 5. The molecule has 152 valence electrons. The number of hydrogen-bond donors (Lipinski definition) is 1. The van der Waals surface area contributed by atoms with E-state index in [4.69, 9.17) is 10.00 Å². The highest BCUT2D eigenvalue weighted by Gasteiger charge is 2.29. The molecule has 2 aromatic carbocycles. The molecule has 29 heavy (non-hydrogen) atoms. The van der Waals surface area contributed by atoms with Crippen molar-refractivity contribution >= 4 is 11.3 Å². The van der Waals surface area contributed by atoms with Crippen molar-refractivity contribution in [1.29, 1.82) is 5.26 Å². The summed E-state index contributed by atoms with van der Waals surface area (Å²) in [4.78, 5) is 4.58. The molecule has 0 saturated carbocycles. The van der Waals surface area contributed by atoms with Gasteiger partial charge >= 0.3 is 0 Å². The first kappa shape index (κ1) is 20.9. The van der Waals surface area contributed by atoms with Crippen molar-refractivity contribution in [2.75, 3.05) is 31.1 Å². The van der Waals surface area contributed by atoms with Crippen molar-refractivity contribution in [2.45, 2.75) is 33.1 Å². The third kappa shape index (κ3) is 4.97. The van der Waals surface area contributed by atoms with Gasteiger partial charge in [0.2, 0.25) is 0 Å². The molecule has 1 N–H and O–H groups in total. The zero-order valence-corrected chi connectivity index (χ0v) is 17.4. The Bertz CT molecular complexity index is 893. The highest BCUT2D eigenvalue weighted by atomic mass is 16.5. The van der Waals surface area contributed by atoms with E-state index in [1.165, 1.54) is 17.3 Å². The van der Waals surface area contributed by atoms with Gasteiger partial charge in [0.25, 0.3) is 0 Å². The van der Waals surface area contributed by atoms with E-state index in [2.05, 4.69) is 47.1 Å². The molecule has 1 aliphatic heterocycles. The van der Waals surface area contributed by atoms with E-state index in [9.17, 15) is 5.11 Å². The van der Waals surface area contributed by atoms with Crippen molar-refractivity contribution in [3.63, 3.8) is 0 Å². The fourth-order valence-corrected chi connectivity index (χ4v) is 3.81. The molecular formula is C24H29N3O2. The van der Waals surface area contributed by atoms with E-state index < -0.39 is 12.3 Å². The second kappa shape index (κ2) is 9.60. The number of ether oxygens (including phenoxy) is 1. The van der Waals surface area contributed by atoms with Crippen LogP contribution in [0.1, 0.15) is 25.0 Å². The first-order chi connectivity index (χ1) is 14.0. The number of nitrogens with zero attached hydrogens (tertiary/aromatic N) is 3. The first-order valence-corrected chi connectivity index (χ1v) is 10.1. The largest absolute Gasteiger partial charge is 0.472 e. The summed E-state index contributed by atoms with van der Waals surface area (Å²) in [5.74, 6) is 0.684. The van der Waals surface area contributed by atoms with Gasteiger partial charge in [-0.1, -0.05) is 36.4 Å². The lowest BCUT2D eigenvalue weighted by Crippen LogP contribution is -2.55. The van der Waals surface area contributed by atoms with Crippen LogP contribution >= 0.6 is 0 Å². The molecule has 1 saturated heterocycles. The number of para-hydroxylation sites is 2. The van der Waals surface area contributed by atoms with Crippen LogP contribution < -0.4 is 9.64 Å². The minimum absolute atomic E-state index is 0.440. The summed E-state index contributed by atoms with van der Waals surface area (Å²) in [6, 6.07) is 18.2. The number of allylic oxidation sites excluding steroid dienone is 2. The van der Waals surface area contributed by atoms with Crippen molar-refractivity contribution < 1.29 is 9.84 Å². The molecule has 3 rings (SSSR count). The van der Waals surface area contributed by atoms with Crippen LogP contribution in [-0.4, -0.2) is 48.5 Å². The van der Waals surface area contributed by atoms with Crippen molar-refractivity contribution in [3.05, 3.63) is 65.7 Å². The lowest BCUT2D eigenvalue weighted by molar-refractivity contribution is -0.0603. The van der Waals surface area contributed by atoms with Gasteiger partial charge in [0.1, 0.15) is 11.9 Å². The Morgan fingerprint density at radius 2 is 1.76 bits per heavy atom. The van der Waals surface area contributed by atoms with Crippen molar-refractivity contribution in [3.8, 4) is 11.8 Å². The fraction of sp³-hybridized carbons (Fsp3) is 0.375. The molecule has 0 amide bonds. The Hall–Kier alpha value is -2.81. The second-order valence-corrected chi connectivity index (χ2v) is 7.51. The molecule has 0 aliphatic carbocycles. The van der Waals surface area contributed by atoms with Gasteiger partial charge in [0.05, 0.1) is 6.07 Å². The molecular weight excluding hydrogens is 362 g/mol. The number of nitriles is 1. The second-order valence-electron chi connectivity index (χ2n) is 7.51. The highest BCUT2D eigenvalue weighted by molar-refractivity contribution is 5.70. The average Bonchev–Trinajstić information content (AvgIpc) is 2.73. The van der Waals surface area contributed by atoms with E-state index in [0.29, 0.717) is 5.75 Å². The minimum Gasteiger partial charge on any atom is -0.472 e. The van der Waals surface area contributed by atoms with Gasteiger partial charge in [0.15, 0.2) is 6.23 Å². The number of anilines is 1. The quantitative estimate of drug-likeness (QED) is 0.759. The van der Waals surface area contributed by atoms with E-state index in [1.54, 1.807) is 6.92 Å². The number of benzene rings is 2. The molecule has 5 nitrogen and oxygen atoms in total. The normalized spacial score (nSPS) is 17.5. The third-order valence-electron chi connectivity index (χ3n) is 5.38. The zero-order chi connectivity index (χ0) is 20.8. The Balaban J connectivity index is 1.74. The lowest BCUT2D eigenvalue weighted by atomic mass is 10.1. The summed E-state index contributed by atoms with van der Waals surface area (Å²) in [7, 11) is 0. The zero-order valence-electron chi connectivity index (χ0n) is 17.4. The molecule has 1 aliphatic rings. The number of rotatable bonds is 6. The van der Waals surface area contributed by atoms with E-state index in [-0.39, 0.29) is 0 Å². The van der Waals surface area contributed by atoms with Gasteiger partial charge in [-0.15, -0.1) is 0 Å². The Labute approximate surface area is 173 Å². The number of piperazine rings is 1. The summed E-state index contributed by atoms with van der Waals surface area (Å²) >= 11 is 0. The molecule has 0 bridgehead atoms. The van der Waals surface area contributed by atoms with Crippen LogP contribution in [0.25, 0.3) is 5.57 Å². The van der Waals surface area contributed by atoms with E-state index >= 15 is 0 Å². The molecule has 2 aromatic rings. The molecule has 2 unspecified atom stereocenters. The van der Waals surface area contributed by atoms with Crippen molar-refractivity contribution in [2.24, 2.45) is 0 Å². The predicted octanol–water partition coefficient (Wildman–Crippen LogP) is 3.83. The molecule has 1 fully saturated rings. The molecule has 0 aromatic heterocycles. The minimum atomic E-state index is -0.645. The van der Waals surface area contributed by atoms with Crippen LogP contribution in [-0.2, 0) is 0 Å². The fourth-order valence-electron chi connectivity index (χ4n) is 3.81. The maximum Gasteiger partial charge on any atom is 0.178 e. The molecule has 0 radical (unpaired) electrons. The van der Waals surface area contributed by atoms with Crippen LogP contribution in [0, 0.1) is 18.3 Å². The smallest absolute Gasteiger partial charge is 0.178 e. The third-order valence-corrected chi connectivity index (χ3v) is 5.38. The Morgan fingerprint density at radius 1 is 1.10 bits per heavy atom. The highest BCUT2D eigenvalue weighted by Crippen LogP contribution is 2.28. The Morgan fingerprint density at radius 3 is 2.41 bits per heavy atom. The van der Waals surface area contributed by atoms with Gasteiger partial charge in [-0.25, -0.2) is 0 Å². The summed E-state index contributed by atoms with van der Waals surface area (Å²) in [5, 5.41) is 19.4. The summed E-state index contributed by atoms with van der Waals surface area (Å²) in [5.41, 5.74) is 4.26. The van der Waals surface area contributed by atoms with Crippen LogP contribution in [0.15, 0.2) is 54.6 Å². The van der Waals surface area contributed by atoms with Crippen LogP contribution in [0.5, 0.6) is 5.75 Å². The van der Waals surface area contributed by atoms with Crippen LogP contribution in [0.2, 0.25) is 0 Å². The topological polar surface area (TPSA) is 59.7 Å². The number of aliphatic hydroxyl groups is 1. The van der Waals surface area contributed by atoms with Gasteiger partial charge in [-0.2, -0.15) is 5.26 Å². The van der Waals surface area contributed by atoms with Gasteiger partial charge < -0.3 is 14.7 Å².